The van der Waals surface area contributed by atoms with Crippen molar-refractivity contribution in [2.45, 2.75) is 6.92 Å². The molecular formula is C20H18ClFN4O3S2. The van der Waals surface area contributed by atoms with E-state index in [1.54, 1.807) is 18.2 Å². The average Bonchev–Trinajstić information content (AvgIpc) is 3.18. The molecule has 3 aromatic rings. The number of carbonyl (C=O) groups is 1. The summed E-state index contributed by atoms with van der Waals surface area (Å²) in [6.45, 7) is 2.25. The Kier molecular flexibility index (Phi) is 6.59. The fourth-order valence-corrected chi connectivity index (χ4v) is 6.41. The van der Waals surface area contributed by atoms with Crippen molar-refractivity contribution in [1.29, 1.82) is 0 Å². The van der Waals surface area contributed by atoms with Crippen molar-refractivity contribution in [2.75, 3.05) is 28.7 Å². The lowest BCUT2D eigenvalue weighted by molar-refractivity contribution is -0.118. The number of nitrogens with zero attached hydrogens (tertiary/aromatic N) is 2. The van der Waals surface area contributed by atoms with Crippen LogP contribution in [0.4, 0.5) is 21.6 Å². The maximum atomic E-state index is 13.5. The lowest BCUT2D eigenvalue weighted by Crippen LogP contribution is -2.25. The summed E-state index contributed by atoms with van der Waals surface area (Å²) < 4.78 is 30.8. The molecule has 31 heavy (non-hydrogen) atoms. The highest BCUT2D eigenvalue weighted by Crippen LogP contribution is 2.35. The van der Waals surface area contributed by atoms with Crippen LogP contribution in [-0.2, 0) is 14.6 Å². The molecule has 162 valence electrons. The lowest BCUT2D eigenvalue weighted by atomic mass is 10.1. The summed E-state index contributed by atoms with van der Waals surface area (Å²) in [4.78, 5) is 21.3. The summed E-state index contributed by atoms with van der Waals surface area (Å²) in [5, 5.41) is 6.62. The zero-order valence-corrected chi connectivity index (χ0v) is 18.7. The van der Waals surface area contributed by atoms with Gasteiger partial charge in [0.05, 0.1) is 38.6 Å². The van der Waals surface area contributed by atoms with Crippen LogP contribution in [0, 0.1) is 11.7 Å². The van der Waals surface area contributed by atoms with Crippen LogP contribution in [0.2, 0.25) is 5.02 Å². The lowest BCUT2D eigenvalue weighted by Gasteiger charge is -2.16. The third-order valence-corrected chi connectivity index (χ3v) is 7.96. The van der Waals surface area contributed by atoms with Gasteiger partial charge in [-0.3, -0.25) is 4.79 Å². The highest BCUT2D eigenvalue weighted by molar-refractivity contribution is 8.69. The molecular weight excluding hydrogens is 463 g/mol. The molecule has 0 radical (unpaired) electrons. The Morgan fingerprint density at radius 3 is 2.90 bits per heavy atom. The highest BCUT2D eigenvalue weighted by Gasteiger charge is 2.29. The van der Waals surface area contributed by atoms with Crippen molar-refractivity contribution in [3.8, 4) is 5.75 Å². The molecule has 0 spiro atoms. The van der Waals surface area contributed by atoms with Gasteiger partial charge in [0.1, 0.15) is 23.7 Å². The standard InChI is InChI=1S/C20H18ClFN4O3S2/c1-2-29-18-7-16-13(6-17(18)26-20(27)11-8-30-31(28)9-11)19(24-10-23-16)25-12-3-4-15(22)14(21)5-12/h3-7,10-11H,2,8-9H2,1H3,(H,26,27)(H,23,24,25). The number of anilines is 3. The third-order valence-electron chi connectivity index (χ3n) is 4.59. The number of carbonyl (C=O) groups excluding carboxylic acids is 1. The Labute approximate surface area is 189 Å². The first kappa shape index (κ1) is 21.8. The van der Waals surface area contributed by atoms with E-state index in [0.29, 0.717) is 52.0 Å². The Balaban J connectivity index is 1.70. The molecule has 2 atom stereocenters. The topological polar surface area (TPSA) is 93.2 Å². The first-order valence-corrected chi connectivity index (χ1v) is 12.6. The molecule has 1 fully saturated rings. The summed E-state index contributed by atoms with van der Waals surface area (Å²) in [6, 6.07) is 7.71. The minimum atomic E-state index is -1.04. The predicted octanol–water partition coefficient (Wildman–Crippen LogP) is 4.53. The van der Waals surface area contributed by atoms with Crippen LogP contribution >= 0.6 is 22.4 Å². The zero-order chi connectivity index (χ0) is 22.0. The summed E-state index contributed by atoms with van der Waals surface area (Å²) in [5.74, 6) is 0.717. The maximum Gasteiger partial charge on any atom is 0.229 e. The summed E-state index contributed by atoms with van der Waals surface area (Å²) >= 11 is 5.87. The molecule has 0 bridgehead atoms. The highest BCUT2D eigenvalue weighted by atomic mass is 35.5. The van der Waals surface area contributed by atoms with E-state index in [2.05, 4.69) is 20.6 Å². The second kappa shape index (κ2) is 9.37. The first-order valence-electron chi connectivity index (χ1n) is 9.40. The van der Waals surface area contributed by atoms with Gasteiger partial charge in [0.25, 0.3) is 0 Å². The Morgan fingerprint density at radius 2 is 2.19 bits per heavy atom. The minimum Gasteiger partial charge on any atom is -0.492 e. The number of ether oxygens (including phenoxy) is 1. The molecule has 2 heterocycles. The molecule has 1 amide bonds. The molecule has 1 aliphatic heterocycles. The van der Waals surface area contributed by atoms with E-state index < -0.39 is 15.6 Å². The Morgan fingerprint density at radius 1 is 1.35 bits per heavy atom. The molecule has 7 nitrogen and oxygen atoms in total. The van der Waals surface area contributed by atoms with Gasteiger partial charge in [0, 0.05) is 28.6 Å². The number of aromatic nitrogens is 2. The van der Waals surface area contributed by atoms with E-state index in [0.717, 1.165) is 0 Å². The van der Waals surface area contributed by atoms with Gasteiger partial charge in [0.2, 0.25) is 5.91 Å². The van der Waals surface area contributed by atoms with Gasteiger partial charge in [0.15, 0.2) is 0 Å². The molecule has 1 saturated heterocycles. The molecule has 2 aromatic carbocycles. The molecule has 4 rings (SSSR count). The smallest absolute Gasteiger partial charge is 0.229 e. The van der Waals surface area contributed by atoms with E-state index >= 15 is 0 Å². The van der Waals surface area contributed by atoms with Gasteiger partial charge in [-0.15, -0.1) is 0 Å². The van der Waals surface area contributed by atoms with Crippen molar-refractivity contribution >= 4 is 66.2 Å². The fourth-order valence-electron chi connectivity index (χ4n) is 3.07. The van der Waals surface area contributed by atoms with Crippen molar-refractivity contribution < 1.29 is 18.1 Å². The van der Waals surface area contributed by atoms with Gasteiger partial charge in [-0.2, -0.15) is 0 Å². The van der Waals surface area contributed by atoms with Gasteiger partial charge < -0.3 is 15.4 Å². The van der Waals surface area contributed by atoms with E-state index in [1.165, 1.54) is 29.3 Å². The van der Waals surface area contributed by atoms with Crippen molar-refractivity contribution in [3.63, 3.8) is 0 Å². The van der Waals surface area contributed by atoms with Crippen LogP contribution in [0.3, 0.4) is 0 Å². The normalized spacial score (nSPS) is 18.2. The van der Waals surface area contributed by atoms with Crippen LogP contribution < -0.4 is 15.4 Å². The molecule has 0 aliphatic carbocycles. The number of hydrogen-bond acceptors (Lipinski definition) is 7. The van der Waals surface area contributed by atoms with Crippen LogP contribution in [-0.4, -0.2) is 38.2 Å². The monoisotopic (exact) mass is 480 g/mol. The Hall–Kier alpha value is -2.43. The SMILES string of the molecule is CCOc1cc2ncnc(Nc3ccc(F)c(Cl)c3)c2cc1NC(=O)C1CSS(=O)C1. The number of benzene rings is 2. The number of amides is 1. The number of rotatable bonds is 6. The quantitative estimate of drug-likeness (QED) is 0.500. The maximum absolute atomic E-state index is 13.5. The van der Waals surface area contributed by atoms with Crippen LogP contribution in [0.5, 0.6) is 5.75 Å². The van der Waals surface area contributed by atoms with E-state index in [-0.39, 0.29) is 16.8 Å². The largest absolute Gasteiger partial charge is 0.492 e. The predicted molar refractivity (Wildman–Crippen MR) is 123 cm³/mol. The van der Waals surface area contributed by atoms with E-state index in [4.69, 9.17) is 16.3 Å². The van der Waals surface area contributed by atoms with Crippen LogP contribution in [0.25, 0.3) is 10.9 Å². The summed E-state index contributed by atoms with van der Waals surface area (Å²) in [5.41, 5.74) is 1.62. The zero-order valence-electron chi connectivity index (χ0n) is 16.4. The molecule has 0 saturated carbocycles. The van der Waals surface area contributed by atoms with Gasteiger partial charge >= 0.3 is 0 Å². The van der Waals surface area contributed by atoms with Crippen molar-refractivity contribution in [3.05, 3.63) is 47.5 Å². The number of fused-ring (bicyclic) bond motifs is 1. The number of halogens is 2. The first-order chi connectivity index (χ1) is 14.9. The van der Waals surface area contributed by atoms with E-state index in [1.807, 2.05) is 6.92 Å². The second-order valence-corrected chi connectivity index (χ2v) is 10.5. The number of nitrogens with one attached hydrogen (secondary N) is 2. The number of hydrogen-bond donors (Lipinski definition) is 2. The molecule has 2 N–H and O–H groups in total. The van der Waals surface area contributed by atoms with Crippen LogP contribution in [0.15, 0.2) is 36.7 Å². The molecule has 1 aromatic heterocycles. The van der Waals surface area contributed by atoms with Crippen molar-refractivity contribution in [2.24, 2.45) is 5.92 Å². The summed E-state index contributed by atoms with van der Waals surface area (Å²) in [6.07, 6.45) is 1.40. The van der Waals surface area contributed by atoms with Gasteiger partial charge in [-0.25, -0.2) is 18.6 Å². The molecule has 11 heteroatoms. The fraction of sp³-hybridized carbons (Fsp3) is 0.250. The minimum absolute atomic E-state index is 0.0123. The van der Waals surface area contributed by atoms with Gasteiger partial charge in [-0.1, -0.05) is 22.4 Å². The van der Waals surface area contributed by atoms with Gasteiger partial charge in [-0.05, 0) is 31.2 Å². The molecule has 1 aliphatic rings. The second-order valence-electron chi connectivity index (χ2n) is 6.72. The van der Waals surface area contributed by atoms with E-state index in [9.17, 15) is 13.4 Å². The molecule has 2 unspecified atom stereocenters. The average molecular weight is 481 g/mol. The third kappa shape index (κ3) is 4.91. The Bertz CT molecular complexity index is 1180. The van der Waals surface area contributed by atoms with Crippen molar-refractivity contribution in [1.82, 2.24) is 9.97 Å². The summed E-state index contributed by atoms with van der Waals surface area (Å²) in [7, 11) is 0.244. The van der Waals surface area contributed by atoms with Crippen LogP contribution in [0.1, 0.15) is 6.92 Å².